The van der Waals surface area contributed by atoms with Crippen LogP contribution in [0.25, 0.3) is 0 Å². The summed E-state index contributed by atoms with van der Waals surface area (Å²) in [4.78, 5) is 1.13. The van der Waals surface area contributed by atoms with Gasteiger partial charge in [0.2, 0.25) is 0 Å². The number of fused-ring (bicyclic) bond motifs is 1. The molecule has 0 amide bonds. The molecular formula is C32H53NOS. The fraction of sp³-hybridized carbons (Fsp3) is 0.844. The smallest absolute Gasteiger partial charge is 0.0750 e. The Hall–Kier alpha value is -0.510. The molecule has 0 heterocycles. The molecule has 0 aromatic carbocycles. The maximum Gasteiger partial charge on any atom is 0.0750 e. The van der Waals surface area contributed by atoms with Crippen LogP contribution < -0.4 is 5.73 Å². The fourth-order valence-electron chi connectivity index (χ4n) is 8.59. The molecule has 3 fully saturated rings. The summed E-state index contributed by atoms with van der Waals surface area (Å²) in [6.07, 6.45) is 23.1. The molecule has 198 valence electrons. The van der Waals surface area contributed by atoms with E-state index < -0.39 is 0 Å². The third-order valence-corrected chi connectivity index (χ3v) is 10.9. The van der Waals surface area contributed by atoms with E-state index in [1.807, 2.05) is 0 Å². The van der Waals surface area contributed by atoms with Gasteiger partial charge in [-0.05, 0) is 99.4 Å². The lowest BCUT2D eigenvalue weighted by molar-refractivity contribution is 0.122. The Bertz CT molecular complexity index is 774. The summed E-state index contributed by atoms with van der Waals surface area (Å²) in [6.45, 7) is 9.05. The van der Waals surface area contributed by atoms with Crippen LogP contribution in [0.1, 0.15) is 123 Å². The molecule has 4 aliphatic rings. The number of hydrogen-bond donors (Lipinski definition) is 2. The standard InChI is InChI=1S/C32H53NOS/c1-4-5-12-25-13-10-11-14-27(25)23(3)29(34)15-8-6-7-9-16-30(35)31(33)32-20-24-17-22(2)18-26(21-32)28(32)19-24/h18,22,24-25,27-29,31,34H,3-17,19-21,33H2,1-2H3. The predicted octanol–water partition coefficient (Wildman–Crippen LogP) is 8.32. The Morgan fingerprint density at radius 2 is 1.94 bits per heavy atom. The number of hydrogen-bond acceptors (Lipinski definition) is 3. The zero-order valence-corrected chi connectivity index (χ0v) is 23.6. The average Bonchev–Trinajstić information content (AvgIpc) is 3.05. The van der Waals surface area contributed by atoms with E-state index in [9.17, 15) is 5.11 Å². The molecule has 0 spiro atoms. The third kappa shape index (κ3) is 6.15. The lowest BCUT2D eigenvalue weighted by Crippen LogP contribution is -2.55. The molecule has 0 aromatic rings. The fourth-order valence-corrected chi connectivity index (χ4v) is 8.97. The molecule has 0 radical (unpaired) electrons. The van der Waals surface area contributed by atoms with Gasteiger partial charge in [-0.1, -0.05) is 89.2 Å². The van der Waals surface area contributed by atoms with E-state index in [-0.39, 0.29) is 12.1 Å². The lowest BCUT2D eigenvalue weighted by Gasteiger charge is -2.52. The number of thiocarbonyl (C=S) groups is 1. The highest BCUT2D eigenvalue weighted by Gasteiger charge is 2.60. The van der Waals surface area contributed by atoms with Gasteiger partial charge in [0.25, 0.3) is 0 Å². The second kappa shape index (κ2) is 12.4. The lowest BCUT2D eigenvalue weighted by atomic mass is 9.54. The summed E-state index contributed by atoms with van der Waals surface area (Å²) in [5.74, 6) is 3.64. The summed E-state index contributed by atoms with van der Waals surface area (Å²) in [5, 5.41) is 10.9. The van der Waals surface area contributed by atoms with E-state index in [2.05, 4.69) is 26.5 Å². The van der Waals surface area contributed by atoms with Crippen LogP contribution in [0.3, 0.4) is 0 Å². The van der Waals surface area contributed by atoms with Crippen LogP contribution in [-0.4, -0.2) is 22.1 Å². The van der Waals surface area contributed by atoms with Gasteiger partial charge in [0, 0.05) is 16.3 Å². The van der Waals surface area contributed by atoms with E-state index in [1.165, 1.54) is 83.5 Å². The van der Waals surface area contributed by atoms with Crippen LogP contribution in [0.15, 0.2) is 23.8 Å². The van der Waals surface area contributed by atoms with Crippen LogP contribution >= 0.6 is 12.2 Å². The molecule has 0 saturated heterocycles. The highest BCUT2D eigenvalue weighted by Crippen LogP contribution is 2.66. The van der Waals surface area contributed by atoms with Gasteiger partial charge in [-0.25, -0.2) is 0 Å². The molecule has 3 N–H and O–H groups in total. The Balaban J connectivity index is 1.13. The first-order valence-corrected chi connectivity index (χ1v) is 15.6. The van der Waals surface area contributed by atoms with Crippen molar-refractivity contribution in [1.29, 1.82) is 0 Å². The number of aliphatic hydroxyl groups excluding tert-OH is 1. The van der Waals surface area contributed by atoms with Gasteiger partial charge >= 0.3 is 0 Å². The van der Waals surface area contributed by atoms with Gasteiger partial charge < -0.3 is 10.8 Å². The van der Waals surface area contributed by atoms with Crippen molar-refractivity contribution < 1.29 is 5.11 Å². The molecule has 3 heteroatoms. The van der Waals surface area contributed by atoms with E-state index in [0.29, 0.717) is 11.3 Å². The summed E-state index contributed by atoms with van der Waals surface area (Å²) >= 11 is 5.90. The average molecular weight is 500 g/mol. The maximum atomic E-state index is 10.9. The van der Waals surface area contributed by atoms with Crippen molar-refractivity contribution in [2.45, 2.75) is 135 Å². The van der Waals surface area contributed by atoms with Crippen molar-refractivity contribution in [3.63, 3.8) is 0 Å². The number of aliphatic hydroxyl groups is 1. The Labute approximate surface area is 221 Å². The second-order valence-electron chi connectivity index (χ2n) is 13.0. The minimum absolute atomic E-state index is 0.111. The van der Waals surface area contributed by atoms with Crippen molar-refractivity contribution >= 4 is 17.1 Å². The normalized spacial score (nSPS) is 35.5. The zero-order valence-electron chi connectivity index (χ0n) is 22.8. The van der Waals surface area contributed by atoms with Gasteiger partial charge in [-0.15, -0.1) is 0 Å². The Kier molecular flexibility index (Phi) is 9.72. The third-order valence-electron chi connectivity index (χ3n) is 10.5. The molecule has 4 aliphatic carbocycles. The van der Waals surface area contributed by atoms with Gasteiger partial charge in [-0.2, -0.15) is 0 Å². The van der Waals surface area contributed by atoms with Gasteiger partial charge in [-0.3, -0.25) is 0 Å². The maximum absolute atomic E-state index is 10.9. The van der Waals surface area contributed by atoms with Crippen LogP contribution in [0.5, 0.6) is 0 Å². The quantitative estimate of drug-likeness (QED) is 0.143. The van der Waals surface area contributed by atoms with Crippen molar-refractivity contribution in [2.24, 2.45) is 40.7 Å². The van der Waals surface area contributed by atoms with Crippen molar-refractivity contribution in [3.05, 3.63) is 23.8 Å². The van der Waals surface area contributed by atoms with Crippen molar-refractivity contribution in [2.75, 3.05) is 0 Å². The first-order chi connectivity index (χ1) is 16.9. The monoisotopic (exact) mass is 499 g/mol. The summed E-state index contributed by atoms with van der Waals surface area (Å²) in [7, 11) is 0. The molecule has 2 nitrogen and oxygen atoms in total. The molecule has 0 aromatic heterocycles. The molecule has 0 aliphatic heterocycles. The largest absolute Gasteiger partial charge is 0.389 e. The highest BCUT2D eigenvalue weighted by atomic mass is 32.1. The van der Waals surface area contributed by atoms with E-state index in [1.54, 1.807) is 5.57 Å². The van der Waals surface area contributed by atoms with Gasteiger partial charge in [0.15, 0.2) is 0 Å². The first kappa shape index (κ1) is 27.5. The van der Waals surface area contributed by atoms with Crippen LogP contribution in [-0.2, 0) is 0 Å². The zero-order chi connectivity index (χ0) is 25.0. The second-order valence-corrected chi connectivity index (χ2v) is 13.5. The molecule has 35 heavy (non-hydrogen) atoms. The summed E-state index contributed by atoms with van der Waals surface area (Å²) in [6, 6.07) is 0.111. The van der Waals surface area contributed by atoms with E-state index in [0.717, 1.165) is 59.8 Å². The molecule has 8 unspecified atom stereocenters. The van der Waals surface area contributed by atoms with E-state index in [4.69, 9.17) is 18.0 Å². The molecule has 3 saturated carbocycles. The first-order valence-electron chi connectivity index (χ1n) is 15.2. The number of unbranched alkanes of at least 4 members (excludes halogenated alkanes) is 4. The van der Waals surface area contributed by atoms with Crippen molar-refractivity contribution in [1.82, 2.24) is 0 Å². The van der Waals surface area contributed by atoms with Crippen molar-refractivity contribution in [3.8, 4) is 0 Å². The number of rotatable bonds is 14. The van der Waals surface area contributed by atoms with Crippen LogP contribution in [0, 0.1) is 35.0 Å². The van der Waals surface area contributed by atoms with Gasteiger partial charge in [0.1, 0.15) is 0 Å². The van der Waals surface area contributed by atoms with Crippen LogP contribution in [0.2, 0.25) is 0 Å². The molecule has 2 bridgehead atoms. The van der Waals surface area contributed by atoms with Crippen LogP contribution in [0.4, 0.5) is 0 Å². The predicted molar refractivity (Wildman–Crippen MR) is 154 cm³/mol. The Morgan fingerprint density at radius 1 is 1.17 bits per heavy atom. The summed E-state index contributed by atoms with van der Waals surface area (Å²) in [5.41, 5.74) is 9.98. The van der Waals surface area contributed by atoms with E-state index >= 15 is 0 Å². The molecule has 8 atom stereocenters. The topological polar surface area (TPSA) is 46.2 Å². The number of nitrogens with two attached hydrogens (primary N) is 1. The Morgan fingerprint density at radius 3 is 2.74 bits per heavy atom. The molecular weight excluding hydrogens is 446 g/mol. The SMILES string of the molecule is C=C(C(O)CCCCCCC(=S)C(N)C12CC3=CC(C)CC(CC31)C2)C1CCCCC1CCCC. The highest BCUT2D eigenvalue weighted by molar-refractivity contribution is 7.80. The summed E-state index contributed by atoms with van der Waals surface area (Å²) < 4.78 is 0. The molecule has 4 rings (SSSR count). The van der Waals surface area contributed by atoms with Gasteiger partial charge in [0.05, 0.1) is 6.10 Å². The number of allylic oxidation sites excluding steroid dienone is 2. The minimum Gasteiger partial charge on any atom is -0.389 e. The minimum atomic E-state index is -0.315.